The highest BCUT2D eigenvalue weighted by molar-refractivity contribution is 5.96. The molecule has 1 spiro atoms. The van der Waals surface area contributed by atoms with Crippen LogP contribution in [0.25, 0.3) is 0 Å². The van der Waals surface area contributed by atoms with Crippen LogP contribution in [0.3, 0.4) is 0 Å². The van der Waals surface area contributed by atoms with Crippen molar-refractivity contribution in [2.24, 2.45) is 10.4 Å². The molecule has 3 aliphatic heterocycles. The van der Waals surface area contributed by atoms with Crippen LogP contribution in [-0.4, -0.2) is 36.8 Å². The zero-order chi connectivity index (χ0) is 28.1. The lowest BCUT2D eigenvalue weighted by Crippen LogP contribution is -2.48. The van der Waals surface area contributed by atoms with Gasteiger partial charge in [-0.25, -0.2) is 0 Å². The Balaban J connectivity index is 1.24. The van der Waals surface area contributed by atoms with Gasteiger partial charge in [-0.1, -0.05) is 90.1 Å². The van der Waals surface area contributed by atoms with Crippen molar-refractivity contribution in [1.29, 1.82) is 0 Å². The van der Waals surface area contributed by atoms with Crippen molar-refractivity contribution in [2.45, 2.75) is 84.5 Å². The molecule has 3 aromatic rings. The summed E-state index contributed by atoms with van der Waals surface area (Å²) in [5.41, 5.74) is 11.7. The van der Waals surface area contributed by atoms with Gasteiger partial charge in [-0.2, -0.15) is 0 Å². The highest BCUT2D eigenvalue weighted by Crippen LogP contribution is 2.49. The zero-order valence-electron chi connectivity index (χ0n) is 25.6. The van der Waals surface area contributed by atoms with Gasteiger partial charge in [-0.05, 0) is 83.6 Å². The molecule has 40 heavy (non-hydrogen) atoms. The number of benzene rings is 3. The molecule has 3 heterocycles. The predicted molar refractivity (Wildman–Crippen MR) is 171 cm³/mol. The van der Waals surface area contributed by atoms with Gasteiger partial charge in [-0.15, -0.1) is 0 Å². The summed E-state index contributed by atoms with van der Waals surface area (Å²) in [5, 5.41) is 0. The fourth-order valence-electron chi connectivity index (χ4n) is 7.30. The first-order valence-corrected chi connectivity index (χ1v) is 15.4. The molecular formula is C37H47N3. The molecule has 6 rings (SSSR count). The van der Waals surface area contributed by atoms with Gasteiger partial charge in [0.2, 0.25) is 0 Å². The number of nitrogens with zero attached hydrogens (tertiary/aromatic N) is 3. The maximum absolute atomic E-state index is 5.09. The van der Waals surface area contributed by atoms with Gasteiger partial charge < -0.3 is 9.80 Å². The molecule has 0 N–H and O–H groups in total. The van der Waals surface area contributed by atoms with E-state index in [4.69, 9.17) is 4.99 Å². The molecule has 0 saturated carbocycles. The minimum absolute atomic E-state index is 0.159. The fraction of sp³-hybridized carbons (Fsp3) is 0.486. The number of fused-ring (bicyclic) bond motifs is 3. The van der Waals surface area contributed by atoms with Crippen LogP contribution >= 0.6 is 0 Å². The summed E-state index contributed by atoms with van der Waals surface area (Å²) in [6.07, 6.45) is 5.62. The smallest absolute Gasteiger partial charge is 0.0665 e. The third-order valence-electron chi connectivity index (χ3n) is 9.39. The Labute approximate surface area is 242 Å². The molecule has 0 bridgehead atoms. The summed E-state index contributed by atoms with van der Waals surface area (Å²) in [6.45, 7) is 18.6. The lowest BCUT2D eigenvalue weighted by molar-refractivity contribution is 0.114. The van der Waals surface area contributed by atoms with Crippen molar-refractivity contribution in [1.82, 2.24) is 4.90 Å². The maximum atomic E-state index is 5.09. The number of hydrogen-bond donors (Lipinski definition) is 0. The van der Waals surface area contributed by atoms with E-state index in [1.54, 1.807) is 5.56 Å². The van der Waals surface area contributed by atoms with E-state index in [-0.39, 0.29) is 5.41 Å². The molecular weight excluding hydrogens is 486 g/mol. The van der Waals surface area contributed by atoms with Crippen molar-refractivity contribution < 1.29 is 0 Å². The molecule has 0 unspecified atom stereocenters. The topological polar surface area (TPSA) is 18.8 Å². The second-order valence-electron chi connectivity index (χ2n) is 14.8. The van der Waals surface area contributed by atoms with Gasteiger partial charge in [0.15, 0.2) is 0 Å². The van der Waals surface area contributed by atoms with Gasteiger partial charge in [-0.3, -0.25) is 4.99 Å². The van der Waals surface area contributed by atoms with Crippen molar-refractivity contribution in [3.05, 3.63) is 89.0 Å². The quantitative estimate of drug-likeness (QED) is 0.334. The molecule has 3 aliphatic rings. The van der Waals surface area contributed by atoms with Gasteiger partial charge in [0.05, 0.1) is 5.69 Å². The second-order valence-corrected chi connectivity index (χ2v) is 14.8. The molecule has 210 valence electrons. The van der Waals surface area contributed by atoms with E-state index in [1.807, 2.05) is 0 Å². The Hall–Kier alpha value is -2.91. The van der Waals surface area contributed by atoms with E-state index in [1.165, 1.54) is 72.7 Å². The van der Waals surface area contributed by atoms with Gasteiger partial charge >= 0.3 is 0 Å². The average Bonchev–Trinajstić information content (AvgIpc) is 3.31. The Bertz CT molecular complexity index is 1410. The second kappa shape index (κ2) is 10.2. The Morgan fingerprint density at radius 1 is 0.775 bits per heavy atom. The first-order chi connectivity index (χ1) is 19.0. The molecule has 1 saturated heterocycles. The van der Waals surface area contributed by atoms with Crippen LogP contribution in [0, 0.1) is 5.41 Å². The van der Waals surface area contributed by atoms with E-state index < -0.39 is 0 Å². The predicted octanol–water partition coefficient (Wildman–Crippen LogP) is 8.78. The van der Waals surface area contributed by atoms with Crippen molar-refractivity contribution in [2.75, 3.05) is 31.1 Å². The number of piperidine rings is 1. The standard InChI is InChI=1S/C37H47N3/c1-35(2,3)26-39-20-17-37(18-21-39)19-22-40(34-14-10-8-12-31(34)37)33-13-9-7-11-27(33)24-30-25-28-23-29(36(4,5)6)15-16-32(28)38-30/h7-16,23H,17-22,24-26H2,1-6H3. The largest absolute Gasteiger partial charge is 0.341 e. The average molecular weight is 534 g/mol. The first-order valence-electron chi connectivity index (χ1n) is 15.4. The summed E-state index contributed by atoms with van der Waals surface area (Å²) < 4.78 is 0. The number of hydrogen-bond acceptors (Lipinski definition) is 3. The van der Waals surface area contributed by atoms with E-state index >= 15 is 0 Å². The SMILES string of the molecule is CC(C)(C)CN1CCC2(CC1)CCN(c1ccccc1CC1=Nc3ccc(C(C)(C)C)cc3C1)c1ccccc12. The summed E-state index contributed by atoms with van der Waals surface area (Å²) in [7, 11) is 0. The van der Waals surface area contributed by atoms with Crippen LogP contribution < -0.4 is 4.90 Å². The molecule has 0 atom stereocenters. The van der Waals surface area contributed by atoms with Crippen LogP contribution in [-0.2, 0) is 23.7 Å². The molecule has 0 aromatic heterocycles. The fourth-order valence-corrected chi connectivity index (χ4v) is 7.30. The molecule has 3 aromatic carbocycles. The number of rotatable bonds is 4. The highest BCUT2D eigenvalue weighted by atomic mass is 15.2. The van der Waals surface area contributed by atoms with E-state index in [0.717, 1.165) is 25.1 Å². The van der Waals surface area contributed by atoms with Crippen LogP contribution in [0.1, 0.15) is 83.1 Å². The maximum Gasteiger partial charge on any atom is 0.0665 e. The van der Waals surface area contributed by atoms with E-state index in [2.05, 4.69) is 118 Å². The number of likely N-dealkylation sites (tertiary alicyclic amines) is 1. The Morgan fingerprint density at radius 3 is 2.17 bits per heavy atom. The molecule has 3 nitrogen and oxygen atoms in total. The number of anilines is 2. The summed E-state index contributed by atoms with van der Waals surface area (Å²) in [6, 6.07) is 25.2. The van der Waals surface area contributed by atoms with E-state index in [9.17, 15) is 0 Å². The summed E-state index contributed by atoms with van der Waals surface area (Å²) >= 11 is 0. The van der Waals surface area contributed by atoms with Crippen molar-refractivity contribution >= 4 is 22.8 Å². The molecule has 1 fully saturated rings. The Kier molecular flexibility index (Phi) is 6.94. The van der Waals surface area contributed by atoms with Crippen molar-refractivity contribution in [3.8, 4) is 0 Å². The van der Waals surface area contributed by atoms with Gasteiger partial charge in [0, 0.05) is 48.4 Å². The van der Waals surface area contributed by atoms with Gasteiger partial charge in [0.1, 0.15) is 0 Å². The summed E-state index contributed by atoms with van der Waals surface area (Å²) in [4.78, 5) is 10.4. The minimum Gasteiger partial charge on any atom is -0.341 e. The molecule has 3 heteroatoms. The van der Waals surface area contributed by atoms with Crippen molar-refractivity contribution in [3.63, 3.8) is 0 Å². The van der Waals surface area contributed by atoms with E-state index in [0.29, 0.717) is 10.8 Å². The number of para-hydroxylation sites is 2. The van der Waals surface area contributed by atoms with Crippen LogP contribution in [0.2, 0.25) is 0 Å². The Morgan fingerprint density at radius 2 is 1.45 bits per heavy atom. The van der Waals surface area contributed by atoms with Crippen LogP contribution in [0.4, 0.5) is 17.1 Å². The molecule has 0 radical (unpaired) electrons. The molecule has 0 aliphatic carbocycles. The lowest BCUT2D eigenvalue weighted by Gasteiger charge is -2.49. The zero-order valence-corrected chi connectivity index (χ0v) is 25.6. The van der Waals surface area contributed by atoms with Crippen LogP contribution in [0.5, 0.6) is 0 Å². The van der Waals surface area contributed by atoms with Gasteiger partial charge in [0.25, 0.3) is 0 Å². The summed E-state index contributed by atoms with van der Waals surface area (Å²) in [5.74, 6) is 0. The third kappa shape index (κ3) is 5.38. The lowest BCUT2D eigenvalue weighted by atomic mass is 9.67. The third-order valence-corrected chi connectivity index (χ3v) is 9.39. The highest BCUT2D eigenvalue weighted by Gasteiger charge is 2.42. The normalized spacial score (nSPS) is 18.9. The monoisotopic (exact) mass is 533 g/mol. The van der Waals surface area contributed by atoms with Crippen LogP contribution in [0.15, 0.2) is 71.7 Å². The molecule has 0 amide bonds. The first kappa shape index (κ1) is 27.3. The minimum atomic E-state index is 0.159. The number of aliphatic imine (C=N–C) groups is 1.